The van der Waals surface area contributed by atoms with Gasteiger partial charge in [0.2, 0.25) is 9.84 Å². The molecule has 9 heteroatoms. The SMILES string of the molecule is O=C(Nc1ccc(C(=O)NC2CC2)cc1)c1ccc(S(=O)(=O)C(F)F)cc1. The molecule has 142 valence electrons. The monoisotopic (exact) mass is 394 g/mol. The Labute approximate surface area is 154 Å². The fraction of sp³-hybridized carbons (Fsp3) is 0.222. The van der Waals surface area contributed by atoms with Gasteiger partial charge in [-0.1, -0.05) is 0 Å². The summed E-state index contributed by atoms with van der Waals surface area (Å²) >= 11 is 0. The lowest BCUT2D eigenvalue weighted by Crippen LogP contribution is -2.25. The lowest BCUT2D eigenvalue weighted by Gasteiger charge is -2.08. The van der Waals surface area contributed by atoms with Crippen LogP contribution < -0.4 is 10.6 Å². The highest BCUT2D eigenvalue weighted by molar-refractivity contribution is 7.91. The van der Waals surface area contributed by atoms with Gasteiger partial charge in [0.05, 0.1) is 4.90 Å². The Morgan fingerprint density at radius 2 is 1.41 bits per heavy atom. The Morgan fingerprint density at radius 3 is 1.93 bits per heavy atom. The van der Waals surface area contributed by atoms with Crippen molar-refractivity contribution in [3.63, 3.8) is 0 Å². The maximum absolute atomic E-state index is 12.5. The molecule has 0 aromatic heterocycles. The van der Waals surface area contributed by atoms with E-state index in [2.05, 4.69) is 10.6 Å². The first-order chi connectivity index (χ1) is 12.8. The van der Waals surface area contributed by atoms with E-state index in [-0.39, 0.29) is 17.5 Å². The van der Waals surface area contributed by atoms with Gasteiger partial charge < -0.3 is 10.6 Å². The first-order valence-electron chi connectivity index (χ1n) is 8.12. The summed E-state index contributed by atoms with van der Waals surface area (Å²) < 4.78 is 47.8. The Hall–Kier alpha value is -2.81. The highest BCUT2D eigenvalue weighted by Gasteiger charge is 2.26. The van der Waals surface area contributed by atoms with Gasteiger partial charge in [0.1, 0.15) is 0 Å². The number of hydrogen-bond donors (Lipinski definition) is 2. The molecular formula is C18H16F2N2O4S. The van der Waals surface area contributed by atoms with Gasteiger partial charge in [0.25, 0.3) is 11.8 Å². The minimum Gasteiger partial charge on any atom is -0.349 e. The van der Waals surface area contributed by atoms with E-state index in [1.807, 2.05) is 0 Å². The van der Waals surface area contributed by atoms with Crippen molar-refractivity contribution < 1.29 is 26.8 Å². The molecule has 0 aliphatic heterocycles. The molecule has 1 aliphatic rings. The van der Waals surface area contributed by atoms with Gasteiger partial charge in [-0.3, -0.25) is 9.59 Å². The van der Waals surface area contributed by atoms with Crippen LogP contribution in [0.25, 0.3) is 0 Å². The fourth-order valence-corrected chi connectivity index (χ4v) is 3.02. The third-order valence-electron chi connectivity index (χ3n) is 4.00. The third-order valence-corrected chi connectivity index (χ3v) is 5.40. The summed E-state index contributed by atoms with van der Waals surface area (Å²) in [5, 5.41) is 5.44. The Morgan fingerprint density at radius 1 is 0.889 bits per heavy atom. The van der Waals surface area contributed by atoms with Gasteiger partial charge in [0, 0.05) is 22.9 Å². The standard InChI is InChI=1S/C18H16F2N2O4S/c19-18(20)27(25,26)15-9-3-12(4-10-15)17(24)21-13-5-1-11(2-6-13)16(23)22-14-7-8-14/h1-6,9-10,14,18H,7-8H2,(H,21,24)(H,22,23). The second-order valence-electron chi connectivity index (χ2n) is 6.11. The van der Waals surface area contributed by atoms with Crippen molar-refractivity contribution in [3.05, 3.63) is 59.7 Å². The summed E-state index contributed by atoms with van der Waals surface area (Å²) in [4.78, 5) is 23.5. The number of benzene rings is 2. The zero-order valence-electron chi connectivity index (χ0n) is 14.0. The van der Waals surface area contributed by atoms with Crippen LogP contribution in [0.15, 0.2) is 53.4 Å². The zero-order valence-corrected chi connectivity index (χ0v) is 14.8. The van der Waals surface area contributed by atoms with E-state index in [0.717, 1.165) is 37.1 Å². The highest BCUT2D eigenvalue weighted by Crippen LogP contribution is 2.21. The highest BCUT2D eigenvalue weighted by atomic mass is 32.2. The predicted molar refractivity (Wildman–Crippen MR) is 94.5 cm³/mol. The number of amides is 2. The van der Waals surface area contributed by atoms with Crippen molar-refractivity contribution in [3.8, 4) is 0 Å². The number of alkyl halides is 2. The number of anilines is 1. The van der Waals surface area contributed by atoms with Crippen LogP contribution in [0.4, 0.5) is 14.5 Å². The van der Waals surface area contributed by atoms with Crippen LogP contribution in [0.5, 0.6) is 0 Å². The number of sulfone groups is 1. The molecule has 0 radical (unpaired) electrons. The first-order valence-corrected chi connectivity index (χ1v) is 9.66. The molecule has 0 saturated heterocycles. The zero-order chi connectivity index (χ0) is 19.6. The summed E-state index contributed by atoms with van der Waals surface area (Å²) in [6.07, 6.45) is 1.97. The van der Waals surface area contributed by atoms with Gasteiger partial charge in [-0.2, -0.15) is 8.78 Å². The van der Waals surface area contributed by atoms with E-state index >= 15 is 0 Å². The summed E-state index contributed by atoms with van der Waals surface area (Å²) in [7, 11) is -4.70. The van der Waals surface area contributed by atoms with E-state index in [0.29, 0.717) is 11.3 Å². The number of carbonyl (C=O) groups is 2. The Balaban J connectivity index is 1.65. The van der Waals surface area contributed by atoms with Crippen LogP contribution in [0.3, 0.4) is 0 Å². The molecule has 1 saturated carbocycles. The number of rotatable bonds is 6. The molecule has 2 amide bonds. The van der Waals surface area contributed by atoms with Gasteiger partial charge in [-0.15, -0.1) is 0 Å². The topological polar surface area (TPSA) is 92.3 Å². The second kappa shape index (κ2) is 7.43. The van der Waals surface area contributed by atoms with Crippen molar-refractivity contribution >= 4 is 27.3 Å². The molecule has 1 aliphatic carbocycles. The summed E-state index contributed by atoms with van der Waals surface area (Å²) in [5.74, 6) is -4.23. The van der Waals surface area contributed by atoms with Crippen molar-refractivity contribution in [2.45, 2.75) is 29.5 Å². The van der Waals surface area contributed by atoms with Gasteiger partial charge in [-0.25, -0.2) is 8.42 Å². The van der Waals surface area contributed by atoms with Crippen LogP contribution in [0, 0.1) is 0 Å². The quantitative estimate of drug-likeness (QED) is 0.788. The normalized spacial score (nSPS) is 14.0. The van der Waals surface area contributed by atoms with Crippen LogP contribution in [0.2, 0.25) is 0 Å². The van der Waals surface area contributed by atoms with Crippen molar-refractivity contribution in [1.82, 2.24) is 5.32 Å². The summed E-state index contributed by atoms with van der Waals surface area (Å²) in [6.45, 7) is 0. The molecule has 3 rings (SSSR count). The second-order valence-corrected chi connectivity index (χ2v) is 8.03. The molecule has 0 spiro atoms. The minimum absolute atomic E-state index is 0.110. The van der Waals surface area contributed by atoms with E-state index in [9.17, 15) is 26.8 Å². The molecule has 2 N–H and O–H groups in total. The number of nitrogens with one attached hydrogen (secondary N) is 2. The smallest absolute Gasteiger partial charge is 0.341 e. The maximum Gasteiger partial charge on any atom is 0.341 e. The van der Waals surface area contributed by atoms with Gasteiger partial charge in [0.15, 0.2) is 0 Å². The lowest BCUT2D eigenvalue weighted by molar-refractivity contribution is 0.0950. The van der Waals surface area contributed by atoms with E-state index in [1.54, 1.807) is 24.3 Å². The third kappa shape index (κ3) is 4.48. The van der Waals surface area contributed by atoms with Crippen LogP contribution >= 0.6 is 0 Å². The van der Waals surface area contributed by atoms with Gasteiger partial charge in [-0.05, 0) is 61.4 Å². The van der Waals surface area contributed by atoms with E-state index < -0.39 is 26.4 Å². The van der Waals surface area contributed by atoms with Crippen LogP contribution in [0.1, 0.15) is 33.6 Å². The maximum atomic E-state index is 12.5. The number of hydrogen-bond acceptors (Lipinski definition) is 4. The molecule has 0 unspecified atom stereocenters. The molecule has 2 aromatic rings. The molecule has 0 heterocycles. The number of halogens is 2. The molecule has 2 aromatic carbocycles. The number of carbonyl (C=O) groups excluding carboxylic acids is 2. The minimum atomic E-state index is -4.70. The molecule has 6 nitrogen and oxygen atoms in total. The molecule has 27 heavy (non-hydrogen) atoms. The molecular weight excluding hydrogens is 378 g/mol. The van der Waals surface area contributed by atoms with Crippen molar-refractivity contribution in [1.29, 1.82) is 0 Å². The first kappa shape index (κ1) is 19.0. The van der Waals surface area contributed by atoms with E-state index in [4.69, 9.17) is 0 Å². The van der Waals surface area contributed by atoms with Gasteiger partial charge >= 0.3 is 5.76 Å². The van der Waals surface area contributed by atoms with Crippen LogP contribution in [-0.2, 0) is 9.84 Å². The van der Waals surface area contributed by atoms with Crippen LogP contribution in [-0.4, -0.2) is 32.0 Å². The lowest BCUT2D eigenvalue weighted by atomic mass is 10.1. The van der Waals surface area contributed by atoms with Crippen molar-refractivity contribution in [2.75, 3.05) is 5.32 Å². The van der Waals surface area contributed by atoms with Crippen molar-refractivity contribution in [2.24, 2.45) is 0 Å². The van der Waals surface area contributed by atoms with E-state index in [1.165, 1.54) is 0 Å². The fourth-order valence-electron chi connectivity index (χ4n) is 2.30. The largest absolute Gasteiger partial charge is 0.349 e. The summed E-state index contributed by atoms with van der Waals surface area (Å²) in [5.41, 5.74) is 1.02. The Kier molecular flexibility index (Phi) is 5.22. The average Bonchev–Trinajstić information content (AvgIpc) is 3.46. The molecule has 0 atom stereocenters. The predicted octanol–water partition coefficient (Wildman–Crippen LogP) is 2.83. The Bertz CT molecular complexity index is 954. The molecule has 0 bridgehead atoms. The average molecular weight is 394 g/mol. The molecule has 1 fully saturated rings. The summed E-state index contributed by atoms with van der Waals surface area (Å²) in [6, 6.07) is 10.8.